The summed E-state index contributed by atoms with van der Waals surface area (Å²) in [4.78, 5) is 10.2. The molecule has 0 amide bonds. The Morgan fingerprint density at radius 1 is 1.16 bits per heavy atom. The highest BCUT2D eigenvalue weighted by Gasteiger charge is 2.00. The Morgan fingerprint density at radius 2 is 1.84 bits per heavy atom. The van der Waals surface area contributed by atoms with Crippen molar-refractivity contribution in [2.24, 2.45) is 0 Å². The van der Waals surface area contributed by atoms with Gasteiger partial charge >= 0.3 is 0 Å². The van der Waals surface area contributed by atoms with Crippen LogP contribution in [0.5, 0.6) is 11.5 Å². The zero-order valence-corrected chi connectivity index (χ0v) is 10.6. The van der Waals surface area contributed by atoms with Crippen LogP contribution < -0.4 is 4.74 Å². The van der Waals surface area contributed by atoms with Crippen LogP contribution in [0, 0.1) is 0 Å². The Morgan fingerprint density at radius 3 is 2.32 bits per heavy atom. The average Bonchev–Trinajstić information content (AvgIpc) is 2.49. The molecule has 0 saturated heterocycles. The SMILES string of the molecule is COc1cc(C=O)ccc1O.OCc1ccccc1. The maximum Gasteiger partial charge on any atom is 0.161 e. The smallest absolute Gasteiger partial charge is 0.161 e. The van der Waals surface area contributed by atoms with Gasteiger partial charge in [-0.05, 0) is 23.8 Å². The summed E-state index contributed by atoms with van der Waals surface area (Å²) in [5, 5.41) is 17.6. The molecule has 19 heavy (non-hydrogen) atoms. The Balaban J connectivity index is 0.000000200. The van der Waals surface area contributed by atoms with Crippen molar-refractivity contribution in [3.8, 4) is 11.5 Å². The lowest BCUT2D eigenvalue weighted by Crippen LogP contribution is -1.85. The average molecular weight is 260 g/mol. The van der Waals surface area contributed by atoms with Crippen LogP contribution in [0.3, 0.4) is 0 Å². The van der Waals surface area contributed by atoms with E-state index in [1.165, 1.54) is 25.3 Å². The van der Waals surface area contributed by atoms with Gasteiger partial charge in [0.15, 0.2) is 11.5 Å². The van der Waals surface area contributed by atoms with Crippen LogP contribution in [0.2, 0.25) is 0 Å². The first-order chi connectivity index (χ1) is 9.21. The molecular weight excluding hydrogens is 244 g/mol. The van der Waals surface area contributed by atoms with Crippen LogP contribution in [0.1, 0.15) is 15.9 Å². The van der Waals surface area contributed by atoms with Gasteiger partial charge < -0.3 is 14.9 Å². The van der Waals surface area contributed by atoms with E-state index in [2.05, 4.69) is 0 Å². The Labute approximate surface area is 111 Å². The van der Waals surface area contributed by atoms with E-state index >= 15 is 0 Å². The van der Waals surface area contributed by atoms with E-state index in [0.717, 1.165) is 5.56 Å². The molecule has 2 aromatic rings. The molecule has 100 valence electrons. The fourth-order valence-corrected chi connectivity index (χ4v) is 1.35. The summed E-state index contributed by atoms with van der Waals surface area (Å²) in [6.45, 7) is 0.140. The molecule has 0 unspecified atom stereocenters. The molecule has 0 saturated carbocycles. The van der Waals surface area contributed by atoms with Crippen LogP contribution in [0.15, 0.2) is 48.5 Å². The third-order valence-corrected chi connectivity index (χ3v) is 2.37. The number of rotatable bonds is 3. The maximum absolute atomic E-state index is 10.2. The quantitative estimate of drug-likeness (QED) is 0.831. The predicted octanol–water partition coefficient (Wildman–Crippen LogP) is 2.39. The van der Waals surface area contributed by atoms with E-state index in [4.69, 9.17) is 14.9 Å². The molecule has 0 aromatic heterocycles. The van der Waals surface area contributed by atoms with Crippen molar-refractivity contribution in [3.05, 3.63) is 59.7 Å². The number of phenolic OH excluding ortho intramolecular Hbond substituents is 1. The first kappa shape index (κ1) is 14.7. The van der Waals surface area contributed by atoms with Crippen molar-refractivity contribution < 1.29 is 19.7 Å². The van der Waals surface area contributed by atoms with Crippen molar-refractivity contribution >= 4 is 6.29 Å². The summed E-state index contributed by atoms with van der Waals surface area (Å²) in [6.07, 6.45) is 0.696. The molecule has 2 N–H and O–H groups in total. The van der Waals surface area contributed by atoms with Gasteiger partial charge in [0, 0.05) is 5.56 Å². The van der Waals surface area contributed by atoms with Crippen molar-refractivity contribution in [1.82, 2.24) is 0 Å². The molecule has 4 heteroatoms. The van der Waals surface area contributed by atoms with E-state index in [-0.39, 0.29) is 12.4 Å². The molecule has 0 aliphatic heterocycles. The molecule has 0 atom stereocenters. The Hall–Kier alpha value is -2.33. The van der Waals surface area contributed by atoms with Gasteiger partial charge in [0.1, 0.15) is 6.29 Å². The van der Waals surface area contributed by atoms with Crippen molar-refractivity contribution in [3.63, 3.8) is 0 Å². The largest absolute Gasteiger partial charge is 0.504 e. The Bertz CT molecular complexity index is 509. The summed E-state index contributed by atoms with van der Waals surface area (Å²) in [6, 6.07) is 13.9. The van der Waals surface area contributed by atoms with E-state index in [1.54, 1.807) is 0 Å². The normalized spacial score (nSPS) is 9.16. The van der Waals surface area contributed by atoms with Crippen molar-refractivity contribution in [2.45, 2.75) is 6.61 Å². The zero-order valence-electron chi connectivity index (χ0n) is 10.6. The highest BCUT2D eigenvalue weighted by molar-refractivity contribution is 5.76. The molecule has 4 nitrogen and oxygen atoms in total. The van der Waals surface area contributed by atoms with Crippen LogP contribution in [-0.4, -0.2) is 23.6 Å². The van der Waals surface area contributed by atoms with Gasteiger partial charge in [-0.15, -0.1) is 0 Å². The van der Waals surface area contributed by atoms with Crippen LogP contribution >= 0.6 is 0 Å². The molecule has 0 heterocycles. The molecular formula is C15H16O4. The number of aliphatic hydroxyl groups excluding tert-OH is 1. The molecule has 2 rings (SSSR count). The summed E-state index contributed by atoms with van der Waals surface area (Å²) >= 11 is 0. The van der Waals surface area contributed by atoms with E-state index < -0.39 is 0 Å². The zero-order chi connectivity index (χ0) is 14.1. The summed E-state index contributed by atoms with van der Waals surface area (Å²) in [5.41, 5.74) is 1.45. The third kappa shape index (κ3) is 4.81. The van der Waals surface area contributed by atoms with Crippen LogP contribution in [0.25, 0.3) is 0 Å². The molecule has 0 aliphatic rings. The monoisotopic (exact) mass is 260 g/mol. The Kier molecular flexibility index (Phi) is 6.12. The predicted molar refractivity (Wildman–Crippen MR) is 72.4 cm³/mol. The molecule has 0 fully saturated rings. The molecule has 2 aromatic carbocycles. The van der Waals surface area contributed by atoms with Crippen LogP contribution in [-0.2, 0) is 6.61 Å². The third-order valence-electron chi connectivity index (χ3n) is 2.37. The first-order valence-corrected chi connectivity index (χ1v) is 5.68. The fourth-order valence-electron chi connectivity index (χ4n) is 1.35. The van der Waals surface area contributed by atoms with Gasteiger partial charge in [-0.25, -0.2) is 0 Å². The number of carbonyl (C=O) groups excluding carboxylic acids is 1. The van der Waals surface area contributed by atoms with E-state index in [9.17, 15) is 4.79 Å². The van der Waals surface area contributed by atoms with E-state index in [1.807, 2.05) is 30.3 Å². The summed E-state index contributed by atoms with van der Waals surface area (Å²) in [5.74, 6) is 0.354. The van der Waals surface area contributed by atoms with Crippen molar-refractivity contribution in [2.75, 3.05) is 7.11 Å². The topological polar surface area (TPSA) is 66.8 Å². The summed E-state index contributed by atoms with van der Waals surface area (Å²) in [7, 11) is 1.43. The number of ether oxygens (including phenoxy) is 1. The highest BCUT2D eigenvalue weighted by atomic mass is 16.5. The minimum absolute atomic E-state index is 0.0399. The number of aldehydes is 1. The van der Waals surface area contributed by atoms with Gasteiger partial charge in [-0.3, -0.25) is 4.79 Å². The number of benzene rings is 2. The fraction of sp³-hybridized carbons (Fsp3) is 0.133. The summed E-state index contributed by atoms with van der Waals surface area (Å²) < 4.78 is 4.78. The lowest BCUT2D eigenvalue weighted by atomic mass is 10.2. The number of phenols is 1. The van der Waals surface area contributed by atoms with Crippen molar-refractivity contribution in [1.29, 1.82) is 0 Å². The first-order valence-electron chi connectivity index (χ1n) is 5.68. The van der Waals surface area contributed by atoms with Gasteiger partial charge in [0.05, 0.1) is 13.7 Å². The number of carbonyl (C=O) groups is 1. The number of aliphatic hydroxyl groups is 1. The number of aromatic hydroxyl groups is 1. The highest BCUT2D eigenvalue weighted by Crippen LogP contribution is 2.25. The van der Waals surface area contributed by atoms with Gasteiger partial charge in [0.2, 0.25) is 0 Å². The second-order valence-electron chi connectivity index (χ2n) is 3.69. The van der Waals surface area contributed by atoms with E-state index in [0.29, 0.717) is 17.6 Å². The molecule has 0 spiro atoms. The lowest BCUT2D eigenvalue weighted by molar-refractivity contribution is 0.112. The number of hydrogen-bond acceptors (Lipinski definition) is 4. The van der Waals surface area contributed by atoms with Gasteiger partial charge in [0.25, 0.3) is 0 Å². The number of hydrogen-bond donors (Lipinski definition) is 2. The molecule has 0 bridgehead atoms. The standard InChI is InChI=1S/C8H8O3.C7H8O/c1-11-8-4-6(5-9)2-3-7(8)10;8-6-7-4-2-1-3-5-7/h2-5,10H,1H3;1-5,8H,6H2. The van der Waals surface area contributed by atoms with Crippen LogP contribution in [0.4, 0.5) is 0 Å². The van der Waals surface area contributed by atoms with Gasteiger partial charge in [-0.1, -0.05) is 30.3 Å². The maximum atomic E-state index is 10.2. The minimum atomic E-state index is 0.0399. The second kappa shape index (κ2) is 7.89. The minimum Gasteiger partial charge on any atom is -0.504 e. The molecule has 0 radical (unpaired) electrons. The molecule has 0 aliphatic carbocycles. The number of methoxy groups -OCH3 is 1. The second-order valence-corrected chi connectivity index (χ2v) is 3.69. The lowest BCUT2D eigenvalue weighted by Gasteiger charge is -2.01. The van der Waals surface area contributed by atoms with Gasteiger partial charge in [-0.2, -0.15) is 0 Å².